The topological polar surface area (TPSA) is 112 Å². The number of rotatable bonds is 7. The van der Waals surface area contributed by atoms with Gasteiger partial charge in [0, 0.05) is 18.2 Å². The Morgan fingerprint density at radius 2 is 1.88 bits per heavy atom. The third-order valence-electron chi connectivity index (χ3n) is 4.23. The summed E-state index contributed by atoms with van der Waals surface area (Å²) < 4.78 is 15.9. The smallest absolute Gasteiger partial charge is 0.255 e. The summed E-state index contributed by atoms with van der Waals surface area (Å²) in [6.45, 7) is 3.50. The minimum Gasteiger partial charge on any atom is -0.493 e. The normalized spacial score (nSPS) is 19.0. The van der Waals surface area contributed by atoms with Crippen LogP contribution >= 0.6 is 12.4 Å². The van der Waals surface area contributed by atoms with Crippen LogP contribution in [-0.4, -0.2) is 51.8 Å². The molecule has 1 aliphatic heterocycles. The second-order valence-electron chi connectivity index (χ2n) is 6.01. The summed E-state index contributed by atoms with van der Waals surface area (Å²) in [4.78, 5) is 23.6. The first kappa shape index (κ1) is 21.9. The van der Waals surface area contributed by atoms with Crippen LogP contribution in [0.5, 0.6) is 17.2 Å². The molecule has 0 aliphatic carbocycles. The number of methoxy groups -OCH3 is 2. The van der Waals surface area contributed by atoms with Crippen molar-refractivity contribution in [1.29, 1.82) is 0 Å². The zero-order valence-corrected chi connectivity index (χ0v) is 16.0. The Morgan fingerprint density at radius 3 is 2.38 bits per heavy atom. The second-order valence-corrected chi connectivity index (χ2v) is 6.01. The van der Waals surface area contributed by atoms with Crippen molar-refractivity contribution in [3.8, 4) is 17.2 Å². The molecule has 1 aromatic rings. The van der Waals surface area contributed by atoms with E-state index in [0.717, 1.165) is 19.5 Å². The zero-order valence-electron chi connectivity index (χ0n) is 15.2. The van der Waals surface area contributed by atoms with Gasteiger partial charge in [-0.1, -0.05) is 6.92 Å². The van der Waals surface area contributed by atoms with Crippen LogP contribution in [0, 0.1) is 5.92 Å². The van der Waals surface area contributed by atoms with Gasteiger partial charge >= 0.3 is 0 Å². The Morgan fingerprint density at radius 1 is 1.27 bits per heavy atom. The number of benzene rings is 1. The third kappa shape index (κ3) is 5.40. The van der Waals surface area contributed by atoms with Crippen LogP contribution in [0.15, 0.2) is 12.1 Å². The molecule has 2 rings (SSSR count). The maximum Gasteiger partial charge on any atom is 0.255 e. The molecule has 1 aliphatic rings. The Bertz CT molecular complexity index is 616. The molecule has 4 N–H and O–H groups in total. The van der Waals surface area contributed by atoms with Crippen molar-refractivity contribution < 1.29 is 23.8 Å². The first-order chi connectivity index (χ1) is 12.0. The molecular weight excluding hydrogens is 362 g/mol. The van der Waals surface area contributed by atoms with Crippen LogP contribution in [0.4, 0.5) is 0 Å². The molecule has 26 heavy (non-hydrogen) atoms. The first-order valence-corrected chi connectivity index (χ1v) is 8.15. The minimum absolute atomic E-state index is 0. The molecule has 1 heterocycles. The molecule has 2 atom stereocenters. The molecule has 1 saturated heterocycles. The highest BCUT2D eigenvalue weighted by molar-refractivity contribution is 5.96. The Hall–Kier alpha value is -2.19. The minimum atomic E-state index is -0.621. The first-order valence-electron chi connectivity index (χ1n) is 8.15. The van der Waals surface area contributed by atoms with Crippen LogP contribution in [0.2, 0.25) is 0 Å². The van der Waals surface area contributed by atoms with Gasteiger partial charge in [-0.25, -0.2) is 0 Å². The Labute approximate surface area is 159 Å². The summed E-state index contributed by atoms with van der Waals surface area (Å²) in [5.74, 6) is 0.365. The van der Waals surface area contributed by atoms with Crippen molar-refractivity contribution >= 4 is 24.2 Å². The molecular formula is C17H26ClN3O5. The largest absolute Gasteiger partial charge is 0.493 e. The van der Waals surface area contributed by atoms with Gasteiger partial charge < -0.3 is 30.6 Å². The number of nitrogens with two attached hydrogens (primary N) is 1. The van der Waals surface area contributed by atoms with Crippen molar-refractivity contribution in [1.82, 2.24) is 10.6 Å². The lowest BCUT2D eigenvalue weighted by atomic mass is 9.94. The average molecular weight is 388 g/mol. The second kappa shape index (κ2) is 10.1. The van der Waals surface area contributed by atoms with Crippen molar-refractivity contribution in [2.75, 3.05) is 33.9 Å². The number of amides is 2. The van der Waals surface area contributed by atoms with E-state index in [1.165, 1.54) is 14.2 Å². The highest BCUT2D eigenvalue weighted by Crippen LogP contribution is 2.38. The molecule has 0 aromatic heterocycles. The number of primary amides is 1. The van der Waals surface area contributed by atoms with Crippen LogP contribution in [0.1, 0.15) is 23.7 Å². The fourth-order valence-corrected chi connectivity index (χ4v) is 2.73. The number of carbonyl (C=O) groups is 2. The number of piperidine rings is 1. The maximum atomic E-state index is 12.6. The van der Waals surface area contributed by atoms with Crippen molar-refractivity contribution in [3.05, 3.63) is 17.7 Å². The van der Waals surface area contributed by atoms with Gasteiger partial charge in [0.1, 0.15) is 0 Å². The van der Waals surface area contributed by atoms with E-state index >= 15 is 0 Å². The standard InChI is InChI=1S/C17H25N3O5.ClH/c1-10-4-5-19-8-12(10)20-17(22)11-6-13(23-2)16(14(7-11)24-3)25-9-15(18)21;/h6-7,10,12,19H,4-5,8-9H2,1-3H3,(H2,18,21)(H,20,22);1H. The number of hydrogen-bond donors (Lipinski definition) is 3. The maximum absolute atomic E-state index is 12.6. The predicted octanol–water partition coefficient (Wildman–Crippen LogP) is 0.718. The van der Waals surface area contributed by atoms with E-state index in [9.17, 15) is 9.59 Å². The molecule has 8 nitrogen and oxygen atoms in total. The van der Waals surface area contributed by atoms with E-state index in [1.54, 1.807) is 12.1 Å². The van der Waals surface area contributed by atoms with Gasteiger partial charge in [0.05, 0.1) is 14.2 Å². The number of nitrogens with one attached hydrogen (secondary N) is 2. The fourth-order valence-electron chi connectivity index (χ4n) is 2.73. The Kier molecular flexibility index (Phi) is 8.47. The van der Waals surface area contributed by atoms with E-state index < -0.39 is 5.91 Å². The summed E-state index contributed by atoms with van der Waals surface area (Å²) >= 11 is 0. The van der Waals surface area contributed by atoms with Gasteiger partial charge in [-0.3, -0.25) is 9.59 Å². The molecule has 146 valence electrons. The number of halogens is 1. The molecule has 0 bridgehead atoms. The van der Waals surface area contributed by atoms with Gasteiger partial charge in [0.2, 0.25) is 5.75 Å². The molecule has 1 aromatic carbocycles. The van der Waals surface area contributed by atoms with E-state index in [0.29, 0.717) is 23.0 Å². The molecule has 0 spiro atoms. The average Bonchev–Trinajstić information content (AvgIpc) is 2.60. The predicted molar refractivity (Wildman–Crippen MR) is 99.4 cm³/mol. The summed E-state index contributed by atoms with van der Waals surface area (Å²) in [5.41, 5.74) is 5.49. The van der Waals surface area contributed by atoms with Gasteiger partial charge in [-0.05, 0) is 31.0 Å². The third-order valence-corrected chi connectivity index (χ3v) is 4.23. The summed E-state index contributed by atoms with van der Waals surface area (Å²) in [5, 5.41) is 6.31. The van der Waals surface area contributed by atoms with E-state index in [-0.39, 0.29) is 36.7 Å². The summed E-state index contributed by atoms with van der Waals surface area (Å²) in [7, 11) is 2.89. The SMILES string of the molecule is COc1cc(C(=O)NC2CNCCC2C)cc(OC)c1OCC(N)=O.Cl. The summed E-state index contributed by atoms with van der Waals surface area (Å²) in [6, 6.07) is 3.16. The number of carbonyl (C=O) groups excluding carboxylic acids is 2. The summed E-state index contributed by atoms with van der Waals surface area (Å²) in [6.07, 6.45) is 1.01. The van der Waals surface area contributed by atoms with Gasteiger partial charge in [0.25, 0.3) is 11.8 Å². The van der Waals surface area contributed by atoms with Gasteiger partial charge in [-0.2, -0.15) is 0 Å². The fraction of sp³-hybridized carbons (Fsp3) is 0.529. The Balaban J connectivity index is 0.00000338. The molecule has 2 unspecified atom stereocenters. The van der Waals surface area contributed by atoms with Gasteiger partial charge in [-0.15, -0.1) is 12.4 Å². The molecule has 0 radical (unpaired) electrons. The molecule has 1 fully saturated rings. The highest BCUT2D eigenvalue weighted by atomic mass is 35.5. The van der Waals surface area contributed by atoms with E-state index in [1.807, 2.05) is 0 Å². The quantitative estimate of drug-likeness (QED) is 0.635. The van der Waals surface area contributed by atoms with Crippen LogP contribution < -0.4 is 30.6 Å². The molecule has 2 amide bonds. The van der Waals surface area contributed by atoms with Crippen molar-refractivity contribution in [3.63, 3.8) is 0 Å². The lowest BCUT2D eigenvalue weighted by Crippen LogP contribution is -2.50. The van der Waals surface area contributed by atoms with Crippen LogP contribution in [0.3, 0.4) is 0 Å². The van der Waals surface area contributed by atoms with Crippen LogP contribution in [-0.2, 0) is 4.79 Å². The molecule has 0 saturated carbocycles. The van der Waals surface area contributed by atoms with E-state index in [2.05, 4.69) is 17.6 Å². The lowest BCUT2D eigenvalue weighted by molar-refractivity contribution is -0.120. The number of ether oxygens (including phenoxy) is 3. The highest BCUT2D eigenvalue weighted by Gasteiger charge is 2.24. The zero-order chi connectivity index (χ0) is 18.4. The van der Waals surface area contributed by atoms with Crippen LogP contribution in [0.25, 0.3) is 0 Å². The monoisotopic (exact) mass is 387 g/mol. The van der Waals surface area contributed by atoms with E-state index in [4.69, 9.17) is 19.9 Å². The number of hydrogen-bond acceptors (Lipinski definition) is 6. The van der Waals surface area contributed by atoms with Crippen molar-refractivity contribution in [2.45, 2.75) is 19.4 Å². The van der Waals surface area contributed by atoms with Gasteiger partial charge in [0.15, 0.2) is 18.1 Å². The molecule has 9 heteroatoms. The lowest BCUT2D eigenvalue weighted by Gasteiger charge is -2.30. The van der Waals surface area contributed by atoms with Crippen molar-refractivity contribution in [2.24, 2.45) is 11.7 Å².